The lowest BCUT2D eigenvalue weighted by Gasteiger charge is -2.44. The van der Waals surface area contributed by atoms with E-state index in [1.807, 2.05) is 146 Å². The quantitative estimate of drug-likeness (QED) is 0.153. The fraction of sp³-hybridized carbons (Fsp3) is 0.0204. The first kappa shape index (κ1) is 33.7. The van der Waals surface area contributed by atoms with Gasteiger partial charge in [-0.1, -0.05) is 194 Å². The van der Waals surface area contributed by atoms with Crippen LogP contribution in [-0.2, 0) is 5.66 Å². The van der Waals surface area contributed by atoms with Crippen LogP contribution in [0.15, 0.2) is 206 Å². The van der Waals surface area contributed by atoms with Crippen molar-refractivity contribution in [1.82, 2.24) is 29.9 Å². The van der Waals surface area contributed by atoms with Crippen LogP contribution in [0, 0.1) is 0 Å². The largest absolute Gasteiger partial charge is 0.276 e. The minimum absolute atomic E-state index is 0.464. The molecule has 1 aliphatic rings. The van der Waals surface area contributed by atoms with Crippen LogP contribution in [0.1, 0.15) is 11.1 Å². The van der Waals surface area contributed by atoms with Gasteiger partial charge in [-0.15, -0.1) is 0 Å². The molecule has 0 fully saturated rings. The van der Waals surface area contributed by atoms with Crippen molar-refractivity contribution >= 4 is 23.3 Å². The molecule has 0 spiro atoms. The Kier molecular flexibility index (Phi) is 8.53. The number of hydrogen-bond acceptors (Lipinski definition) is 8. The third kappa shape index (κ3) is 5.97. The molecular formula is C49H34N8. The van der Waals surface area contributed by atoms with Crippen molar-refractivity contribution in [3.8, 4) is 45.6 Å². The van der Waals surface area contributed by atoms with E-state index in [2.05, 4.69) is 70.5 Å². The number of hydrogen-bond donors (Lipinski definition) is 0. The maximum Gasteiger partial charge on any atom is 0.236 e. The highest BCUT2D eigenvalue weighted by Crippen LogP contribution is 2.58. The lowest BCUT2D eigenvalue weighted by Crippen LogP contribution is -2.52. The Bertz CT molecular complexity index is 2480. The van der Waals surface area contributed by atoms with Crippen LogP contribution in [0.5, 0.6) is 0 Å². The van der Waals surface area contributed by atoms with E-state index >= 15 is 0 Å². The number of rotatable bonds is 8. The summed E-state index contributed by atoms with van der Waals surface area (Å²) in [6, 6.07) is 69.5. The van der Waals surface area contributed by atoms with Crippen LogP contribution in [0.3, 0.4) is 0 Å². The molecule has 0 aliphatic carbocycles. The summed E-state index contributed by atoms with van der Waals surface area (Å²) in [4.78, 5) is 35.9. The van der Waals surface area contributed by atoms with Crippen molar-refractivity contribution in [2.24, 2.45) is 0 Å². The molecule has 9 aromatic rings. The molecule has 0 unspecified atom stereocenters. The highest BCUT2D eigenvalue weighted by atomic mass is 15.5. The Labute approximate surface area is 330 Å². The fourth-order valence-electron chi connectivity index (χ4n) is 7.61. The van der Waals surface area contributed by atoms with Gasteiger partial charge in [0.15, 0.2) is 29.0 Å². The first-order chi connectivity index (χ1) is 28.3. The molecule has 8 nitrogen and oxygen atoms in total. The van der Waals surface area contributed by atoms with E-state index in [-0.39, 0.29) is 0 Å². The van der Waals surface area contributed by atoms with E-state index in [1.54, 1.807) is 0 Å². The van der Waals surface area contributed by atoms with E-state index in [0.29, 0.717) is 35.2 Å². The average Bonchev–Trinajstić information content (AvgIpc) is 3.62. The summed E-state index contributed by atoms with van der Waals surface area (Å²) in [5.41, 5.74) is 6.02. The number of aromatic nitrogens is 6. The topological polar surface area (TPSA) is 83.8 Å². The molecule has 10 rings (SSSR count). The van der Waals surface area contributed by atoms with Gasteiger partial charge in [-0.05, 0) is 12.1 Å². The highest BCUT2D eigenvalue weighted by molar-refractivity contribution is 5.91. The van der Waals surface area contributed by atoms with Gasteiger partial charge in [-0.25, -0.2) is 9.97 Å². The molecule has 270 valence electrons. The van der Waals surface area contributed by atoms with Crippen LogP contribution in [0.25, 0.3) is 45.6 Å². The molecule has 57 heavy (non-hydrogen) atoms. The van der Waals surface area contributed by atoms with Gasteiger partial charge < -0.3 is 0 Å². The van der Waals surface area contributed by atoms with E-state index in [4.69, 9.17) is 29.9 Å². The summed E-state index contributed by atoms with van der Waals surface area (Å²) < 4.78 is 0. The molecule has 0 N–H and O–H groups in total. The third-order valence-electron chi connectivity index (χ3n) is 10.1. The van der Waals surface area contributed by atoms with E-state index in [0.717, 1.165) is 44.8 Å². The average molecular weight is 735 g/mol. The minimum Gasteiger partial charge on any atom is -0.276 e. The van der Waals surface area contributed by atoms with Gasteiger partial charge in [0.2, 0.25) is 11.9 Å². The Morgan fingerprint density at radius 1 is 0.263 bits per heavy atom. The number of fused-ring (bicyclic) bond motifs is 1. The second-order valence-corrected chi connectivity index (χ2v) is 13.6. The first-order valence-electron chi connectivity index (χ1n) is 18.8. The zero-order valence-corrected chi connectivity index (χ0v) is 30.7. The van der Waals surface area contributed by atoms with Gasteiger partial charge in [-0.3, -0.25) is 9.80 Å². The van der Waals surface area contributed by atoms with Crippen molar-refractivity contribution in [3.63, 3.8) is 0 Å². The monoisotopic (exact) mass is 734 g/mol. The second-order valence-electron chi connectivity index (χ2n) is 13.6. The molecule has 8 heteroatoms. The molecule has 0 bridgehead atoms. The zero-order valence-electron chi connectivity index (χ0n) is 30.7. The van der Waals surface area contributed by atoms with E-state index in [9.17, 15) is 0 Å². The summed E-state index contributed by atoms with van der Waals surface area (Å²) in [6.45, 7) is 0. The molecule has 0 atom stereocenters. The third-order valence-corrected chi connectivity index (χ3v) is 10.1. The summed E-state index contributed by atoms with van der Waals surface area (Å²) >= 11 is 0. The predicted octanol–water partition coefficient (Wildman–Crippen LogP) is 10.9. The molecular weight excluding hydrogens is 701 g/mol. The summed E-state index contributed by atoms with van der Waals surface area (Å²) in [6.07, 6.45) is 0. The molecule has 3 heterocycles. The molecule has 0 saturated heterocycles. The molecule has 0 saturated carbocycles. The number of nitrogens with zero attached hydrogens (tertiary/aromatic N) is 8. The Morgan fingerprint density at radius 2 is 0.509 bits per heavy atom. The standard InChI is InChI=1S/C49H34N8/c1-7-21-35(22-8-1)43-50-44(36-23-9-2-10-24-36)53-47(52-43)56-41-33-19-20-34-42(41)57(49(56,39-29-15-5-16-30-39)40-31-17-6-18-32-40)48-54-45(37-25-11-3-12-26-37)51-46(55-48)38-27-13-4-14-28-38/h1-34H. The van der Waals surface area contributed by atoms with E-state index < -0.39 is 5.66 Å². The van der Waals surface area contributed by atoms with Crippen LogP contribution in [-0.4, -0.2) is 29.9 Å². The molecule has 7 aromatic carbocycles. The molecule has 0 radical (unpaired) electrons. The van der Waals surface area contributed by atoms with Crippen molar-refractivity contribution in [2.45, 2.75) is 5.66 Å². The van der Waals surface area contributed by atoms with E-state index in [1.165, 1.54) is 0 Å². The van der Waals surface area contributed by atoms with Gasteiger partial charge in [-0.2, -0.15) is 19.9 Å². The van der Waals surface area contributed by atoms with Crippen LogP contribution in [0.2, 0.25) is 0 Å². The Balaban J connectivity index is 1.32. The molecule has 1 aliphatic heterocycles. The smallest absolute Gasteiger partial charge is 0.236 e. The summed E-state index contributed by atoms with van der Waals surface area (Å²) in [7, 11) is 0. The van der Waals surface area contributed by atoms with Gasteiger partial charge in [0.25, 0.3) is 0 Å². The number of anilines is 4. The van der Waals surface area contributed by atoms with Gasteiger partial charge >= 0.3 is 0 Å². The SMILES string of the molecule is c1ccc(-c2nc(-c3ccccc3)nc(N3c4ccccc4N(c4nc(-c5ccccc5)nc(-c5ccccc5)n4)C3(c3ccccc3)c3ccccc3)n2)cc1. The Hall–Kier alpha value is -7.84. The maximum atomic E-state index is 5.34. The number of para-hydroxylation sites is 2. The highest BCUT2D eigenvalue weighted by Gasteiger charge is 2.56. The van der Waals surface area contributed by atoms with Gasteiger partial charge in [0.05, 0.1) is 11.4 Å². The molecule has 2 aromatic heterocycles. The Morgan fingerprint density at radius 3 is 0.789 bits per heavy atom. The van der Waals surface area contributed by atoms with Crippen molar-refractivity contribution in [2.75, 3.05) is 9.80 Å². The van der Waals surface area contributed by atoms with Crippen LogP contribution in [0.4, 0.5) is 23.3 Å². The number of benzene rings is 7. The predicted molar refractivity (Wildman–Crippen MR) is 226 cm³/mol. The van der Waals surface area contributed by atoms with Gasteiger partial charge in [0, 0.05) is 33.4 Å². The first-order valence-corrected chi connectivity index (χ1v) is 18.8. The van der Waals surface area contributed by atoms with Gasteiger partial charge in [0.1, 0.15) is 0 Å². The summed E-state index contributed by atoms with van der Waals surface area (Å²) in [5.74, 6) is 3.16. The van der Waals surface area contributed by atoms with Crippen LogP contribution >= 0.6 is 0 Å². The van der Waals surface area contributed by atoms with Crippen molar-refractivity contribution in [1.29, 1.82) is 0 Å². The van der Waals surface area contributed by atoms with Crippen LogP contribution < -0.4 is 9.80 Å². The van der Waals surface area contributed by atoms with Crippen molar-refractivity contribution < 1.29 is 0 Å². The lowest BCUT2D eigenvalue weighted by atomic mass is 9.88. The maximum absolute atomic E-state index is 5.34. The minimum atomic E-state index is -1.15. The van der Waals surface area contributed by atoms with Crippen molar-refractivity contribution in [3.05, 3.63) is 217 Å². The lowest BCUT2D eigenvalue weighted by molar-refractivity contribution is 0.541. The molecule has 0 amide bonds. The normalized spacial score (nSPS) is 13.0. The summed E-state index contributed by atoms with van der Waals surface area (Å²) in [5, 5.41) is 0. The fourth-order valence-corrected chi connectivity index (χ4v) is 7.61. The zero-order chi connectivity index (χ0) is 38.0. The second kappa shape index (κ2) is 14.4.